The lowest BCUT2D eigenvalue weighted by Crippen LogP contribution is -2.43. The lowest BCUT2D eigenvalue weighted by molar-refractivity contribution is -0.109. The zero-order valence-corrected chi connectivity index (χ0v) is 20.2. The number of carbonyl (C=O) groups excluding carboxylic acids is 2. The molecule has 3 aromatic rings. The Morgan fingerprint density at radius 3 is 2.41 bits per heavy atom. The van der Waals surface area contributed by atoms with Crippen molar-refractivity contribution in [2.24, 2.45) is 0 Å². The average molecular weight is 478 g/mol. The van der Waals surface area contributed by atoms with Crippen LogP contribution < -0.4 is 14.4 Å². The summed E-state index contributed by atoms with van der Waals surface area (Å²) >= 11 is 1.20. The zero-order chi connectivity index (χ0) is 24.5. The number of amides is 1. The van der Waals surface area contributed by atoms with Crippen molar-refractivity contribution < 1.29 is 19.1 Å². The van der Waals surface area contributed by atoms with Gasteiger partial charge in [-0.25, -0.2) is 4.98 Å². The highest BCUT2D eigenvalue weighted by Crippen LogP contribution is 2.31. The van der Waals surface area contributed by atoms with E-state index in [2.05, 4.69) is 27.9 Å². The van der Waals surface area contributed by atoms with Crippen molar-refractivity contribution in [2.75, 3.05) is 32.7 Å². The van der Waals surface area contributed by atoms with Gasteiger partial charge >= 0.3 is 0 Å². The third-order valence-electron chi connectivity index (χ3n) is 5.27. The molecule has 3 rings (SSSR count). The van der Waals surface area contributed by atoms with Gasteiger partial charge in [-0.2, -0.15) is 0 Å². The molecule has 0 saturated heterocycles. The molecule has 0 aliphatic carbocycles. The van der Waals surface area contributed by atoms with Crippen LogP contribution in [0.25, 0.3) is 0 Å². The Hall–Kier alpha value is -3.67. The number of hydrogen-bond donors (Lipinski definition) is 0. The number of aromatic nitrogens is 1. The van der Waals surface area contributed by atoms with Gasteiger partial charge in [0.25, 0.3) is 5.91 Å². The first-order valence-corrected chi connectivity index (χ1v) is 11.5. The van der Waals surface area contributed by atoms with Crippen LogP contribution in [-0.4, -0.2) is 55.9 Å². The molecule has 0 N–H and O–H groups in total. The fraction of sp³-hybridized carbons (Fsp3) is 0.269. The molecule has 34 heavy (non-hydrogen) atoms. The number of rotatable bonds is 11. The first kappa shape index (κ1) is 25.0. The quantitative estimate of drug-likeness (QED) is 0.308. The summed E-state index contributed by atoms with van der Waals surface area (Å²) in [6.07, 6.45) is 6.64. The van der Waals surface area contributed by atoms with E-state index in [0.717, 1.165) is 12.8 Å². The van der Waals surface area contributed by atoms with Gasteiger partial charge < -0.3 is 19.2 Å². The van der Waals surface area contributed by atoms with Crippen LogP contribution in [-0.2, 0) is 11.3 Å². The molecular formula is C26H27N3O4S. The van der Waals surface area contributed by atoms with Crippen molar-refractivity contribution in [2.45, 2.75) is 19.0 Å². The van der Waals surface area contributed by atoms with Gasteiger partial charge in [-0.15, -0.1) is 17.8 Å². The molecule has 7 nitrogen and oxygen atoms in total. The van der Waals surface area contributed by atoms with Crippen LogP contribution in [0.15, 0.2) is 53.9 Å². The van der Waals surface area contributed by atoms with Crippen LogP contribution in [0.3, 0.4) is 0 Å². The molecule has 1 atom stereocenters. The smallest absolute Gasteiger partial charge is 0.278 e. The summed E-state index contributed by atoms with van der Waals surface area (Å²) in [5.74, 6) is 3.02. The summed E-state index contributed by atoms with van der Waals surface area (Å²) in [7, 11) is 5.04. The second-order valence-electron chi connectivity index (χ2n) is 7.64. The summed E-state index contributed by atoms with van der Waals surface area (Å²) in [5, 5.41) is 2.00. The number of terminal acetylenes is 1. The van der Waals surface area contributed by atoms with E-state index in [-0.39, 0.29) is 5.69 Å². The molecule has 0 radical (unpaired) electrons. The fourth-order valence-corrected chi connectivity index (χ4v) is 4.13. The van der Waals surface area contributed by atoms with Gasteiger partial charge in [0.15, 0.2) is 5.01 Å². The van der Waals surface area contributed by atoms with Gasteiger partial charge in [-0.1, -0.05) is 30.3 Å². The standard InChI is InChI=1S/C26H27N3O4S/c1-5-25-27-24(18-34-25)26(31)29(21-13-22(32-3)15-23(14-21)33-4)20(17-30)11-12-28(2)16-19-9-7-6-8-10-19/h1,6-10,13-15,17-18,20H,11-12,16H2,2-4H3. The number of hydrogen-bond acceptors (Lipinski definition) is 7. The Morgan fingerprint density at radius 1 is 1.18 bits per heavy atom. The first-order chi connectivity index (χ1) is 16.5. The van der Waals surface area contributed by atoms with E-state index >= 15 is 0 Å². The number of carbonyl (C=O) groups is 2. The minimum absolute atomic E-state index is 0.184. The van der Waals surface area contributed by atoms with E-state index in [1.165, 1.54) is 36.0 Å². The van der Waals surface area contributed by atoms with E-state index in [0.29, 0.717) is 35.2 Å². The topological polar surface area (TPSA) is 72.0 Å². The van der Waals surface area contributed by atoms with Gasteiger partial charge in [-0.05, 0) is 25.0 Å². The monoisotopic (exact) mass is 477 g/mol. The number of ether oxygens (including phenoxy) is 2. The number of nitrogens with zero attached hydrogens (tertiary/aromatic N) is 3. The summed E-state index contributed by atoms with van der Waals surface area (Å²) < 4.78 is 10.8. The maximum Gasteiger partial charge on any atom is 0.278 e. The Labute approximate surface area is 203 Å². The highest BCUT2D eigenvalue weighted by molar-refractivity contribution is 7.10. The molecule has 0 aliphatic rings. The highest BCUT2D eigenvalue weighted by Gasteiger charge is 2.29. The van der Waals surface area contributed by atoms with E-state index < -0.39 is 11.9 Å². The van der Waals surface area contributed by atoms with Crippen LogP contribution >= 0.6 is 11.3 Å². The van der Waals surface area contributed by atoms with Crippen molar-refractivity contribution >= 4 is 29.2 Å². The van der Waals surface area contributed by atoms with Gasteiger partial charge in [0.1, 0.15) is 23.5 Å². The molecule has 0 bridgehead atoms. The summed E-state index contributed by atoms with van der Waals surface area (Å²) in [4.78, 5) is 33.6. The first-order valence-electron chi connectivity index (χ1n) is 10.7. The van der Waals surface area contributed by atoms with Gasteiger partial charge in [-0.3, -0.25) is 9.69 Å². The third-order valence-corrected chi connectivity index (χ3v) is 6.04. The normalized spacial score (nSPS) is 11.5. The molecule has 0 spiro atoms. The summed E-state index contributed by atoms with van der Waals surface area (Å²) in [6, 6.07) is 14.4. The lowest BCUT2D eigenvalue weighted by atomic mass is 10.1. The molecule has 0 fully saturated rings. The average Bonchev–Trinajstić information content (AvgIpc) is 3.36. The second kappa shape index (κ2) is 12.0. The summed E-state index contributed by atoms with van der Waals surface area (Å²) in [5.41, 5.74) is 1.82. The van der Waals surface area contributed by atoms with Crippen LogP contribution in [0.4, 0.5) is 5.69 Å². The molecule has 1 heterocycles. The second-order valence-corrected chi connectivity index (χ2v) is 8.50. The van der Waals surface area contributed by atoms with E-state index in [4.69, 9.17) is 15.9 Å². The van der Waals surface area contributed by atoms with Crippen LogP contribution in [0, 0.1) is 12.3 Å². The maximum atomic E-state index is 13.6. The number of methoxy groups -OCH3 is 2. The molecule has 8 heteroatoms. The molecule has 1 aromatic heterocycles. The molecular weight excluding hydrogens is 450 g/mol. The molecule has 0 aliphatic heterocycles. The number of thiazole rings is 1. The Balaban J connectivity index is 1.90. The predicted octanol–water partition coefficient (Wildman–Crippen LogP) is 3.88. The van der Waals surface area contributed by atoms with E-state index in [9.17, 15) is 9.59 Å². The Bertz CT molecular complexity index is 1130. The van der Waals surface area contributed by atoms with Crippen LogP contribution in [0.5, 0.6) is 11.5 Å². The van der Waals surface area contributed by atoms with Gasteiger partial charge in [0, 0.05) is 36.7 Å². The van der Waals surface area contributed by atoms with Crippen LogP contribution in [0.1, 0.15) is 27.5 Å². The molecule has 2 aromatic carbocycles. The van der Waals surface area contributed by atoms with Gasteiger partial charge in [0.05, 0.1) is 25.9 Å². The van der Waals surface area contributed by atoms with Crippen molar-refractivity contribution in [3.8, 4) is 23.8 Å². The van der Waals surface area contributed by atoms with Crippen molar-refractivity contribution in [1.29, 1.82) is 0 Å². The minimum Gasteiger partial charge on any atom is -0.497 e. The molecule has 1 amide bonds. The van der Waals surface area contributed by atoms with E-state index in [1.54, 1.807) is 23.6 Å². The lowest BCUT2D eigenvalue weighted by Gasteiger charge is -2.30. The van der Waals surface area contributed by atoms with Crippen molar-refractivity contribution in [3.63, 3.8) is 0 Å². The Kier molecular flexibility index (Phi) is 8.79. The molecule has 1 unspecified atom stereocenters. The number of benzene rings is 2. The number of anilines is 1. The SMILES string of the molecule is C#Cc1nc(C(=O)N(c2cc(OC)cc(OC)c2)C(C=O)CCN(C)Cc2ccccc2)cs1. The minimum atomic E-state index is -0.737. The van der Waals surface area contributed by atoms with Crippen LogP contribution in [0.2, 0.25) is 0 Å². The van der Waals surface area contributed by atoms with Gasteiger partial charge in [0.2, 0.25) is 0 Å². The maximum absolute atomic E-state index is 13.6. The number of aldehydes is 1. The Morgan fingerprint density at radius 2 is 1.85 bits per heavy atom. The largest absolute Gasteiger partial charge is 0.497 e. The highest BCUT2D eigenvalue weighted by atomic mass is 32.1. The van der Waals surface area contributed by atoms with E-state index in [1.807, 2.05) is 25.2 Å². The fourth-order valence-electron chi connectivity index (χ4n) is 3.54. The molecule has 176 valence electrons. The predicted molar refractivity (Wildman–Crippen MR) is 134 cm³/mol. The summed E-state index contributed by atoms with van der Waals surface area (Å²) in [6.45, 7) is 1.32. The third kappa shape index (κ3) is 6.22. The van der Waals surface area contributed by atoms with Crippen molar-refractivity contribution in [3.05, 3.63) is 70.2 Å². The molecule has 0 saturated carbocycles. The zero-order valence-electron chi connectivity index (χ0n) is 19.4. The van der Waals surface area contributed by atoms with Crippen molar-refractivity contribution in [1.82, 2.24) is 9.88 Å².